The molecule has 1 heterocycles. The first kappa shape index (κ1) is 14.2. The largest absolute Gasteiger partial charge is 0.497 e. The SMILES string of the molecule is CCCN1C(=O)CCC2=C1CCCc1cc(OC)ccc12. The van der Waals surface area contributed by atoms with Crippen molar-refractivity contribution in [2.24, 2.45) is 0 Å². The molecule has 0 bridgehead atoms. The molecule has 21 heavy (non-hydrogen) atoms. The number of hydrogen-bond donors (Lipinski definition) is 0. The molecule has 1 amide bonds. The summed E-state index contributed by atoms with van der Waals surface area (Å²) in [5, 5.41) is 0. The van der Waals surface area contributed by atoms with Crippen LogP contribution >= 0.6 is 0 Å². The van der Waals surface area contributed by atoms with Crippen molar-refractivity contribution >= 4 is 11.5 Å². The minimum atomic E-state index is 0.299. The highest BCUT2D eigenvalue weighted by Gasteiger charge is 2.29. The molecule has 3 nitrogen and oxygen atoms in total. The molecule has 1 aromatic rings. The Morgan fingerprint density at radius 1 is 1.19 bits per heavy atom. The maximum absolute atomic E-state index is 12.2. The standard InChI is InChI=1S/C18H23NO2/c1-3-11-19-17-6-4-5-13-12-14(21-2)7-8-15(13)16(17)9-10-18(19)20/h7-8,12H,3-6,9-11H2,1-2H3. The lowest BCUT2D eigenvalue weighted by Crippen LogP contribution is -2.34. The number of aryl methyl sites for hydroxylation is 1. The molecule has 0 saturated carbocycles. The molecule has 112 valence electrons. The van der Waals surface area contributed by atoms with Gasteiger partial charge in [0, 0.05) is 18.7 Å². The van der Waals surface area contributed by atoms with Crippen molar-refractivity contribution in [3.63, 3.8) is 0 Å². The second-order valence-electron chi connectivity index (χ2n) is 5.85. The van der Waals surface area contributed by atoms with E-state index in [1.807, 2.05) is 11.0 Å². The molecule has 1 aromatic carbocycles. The summed E-state index contributed by atoms with van der Waals surface area (Å²) in [6.45, 7) is 2.99. The van der Waals surface area contributed by atoms with Gasteiger partial charge >= 0.3 is 0 Å². The summed E-state index contributed by atoms with van der Waals surface area (Å²) < 4.78 is 5.35. The maximum atomic E-state index is 12.2. The Balaban J connectivity index is 2.07. The van der Waals surface area contributed by atoms with E-state index < -0.39 is 0 Å². The summed E-state index contributed by atoms with van der Waals surface area (Å²) in [6.07, 6.45) is 5.72. The van der Waals surface area contributed by atoms with Gasteiger partial charge in [0.1, 0.15) is 5.75 Å². The number of amides is 1. The highest BCUT2D eigenvalue weighted by molar-refractivity contribution is 5.87. The zero-order chi connectivity index (χ0) is 14.8. The van der Waals surface area contributed by atoms with Gasteiger partial charge in [-0.05, 0) is 60.9 Å². The van der Waals surface area contributed by atoms with Gasteiger partial charge < -0.3 is 9.64 Å². The van der Waals surface area contributed by atoms with Crippen LogP contribution in [0.2, 0.25) is 0 Å². The zero-order valence-electron chi connectivity index (χ0n) is 12.9. The van der Waals surface area contributed by atoms with Crippen LogP contribution in [0, 0.1) is 0 Å². The van der Waals surface area contributed by atoms with E-state index in [0.29, 0.717) is 12.3 Å². The van der Waals surface area contributed by atoms with Crippen molar-refractivity contribution in [1.29, 1.82) is 0 Å². The predicted octanol–water partition coefficient (Wildman–Crippen LogP) is 3.78. The van der Waals surface area contributed by atoms with E-state index in [1.54, 1.807) is 7.11 Å². The molecule has 2 aliphatic rings. The molecule has 0 radical (unpaired) electrons. The Kier molecular flexibility index (Phi) is 4.00. The number of rotatable bonds is 3. The van der Waals surface area contributed by atoms with Crippen LogP contribution in [0.5, 0.6) is 5.75 Å². The molecule has 0 atom stereocenters. The van der Waals surface area contributed by atoms with Crippen LogP contribution in [-0.4, -0.2) is 24.5 Å². The lowest BCUT2D eigenvalue weighted by atomic mass is 9.92. The first-order valence-corrected chi connectivity index (χ1v) is 7.94. The van der Waals surface area contributed by atoms with Crippen LogP contribution in [0.4, 0.5) is 0 Å². The van der Waals surface area contributed by atoms with Crippen LogP contribution in [0.25, 0.3) is 5.57 Å². The van der Waals surface area contributed by atoms with Gasteiger partial charge in [0.15, 0.2) is 0 Å². The molecular formula is C18H23NO2. The van der Waals surface area contributed by atoms with Crippen molar-refractivity contribution in [3.05, 3.63) is 35.0 Å². The molecule has 0 fully saturated rings. The summed E-state index contributed by atoms with van der Waals surface area (Å²) in [5.41, 5.74) is 5.36. The highest BCUT2D eigenvalue weighted by atomic mass is 16.5. The van der Waals surface area contributed by atoms with Gasteiger partial charge in [0.25, 0.3) is 0 Å². The number of carbonyl (C=O) groups excluding carboxylic acids is 1. The van der Waals surface area contributed by atoms with Gasteiger partial charge in [-0.1, -0.05) is 13.0 Å². The Morgan fingerprint density at radius 3 is 2.81 bits per heavy atom. The molecule has 1 aliphatic heterocycles. The first-order valence-electron chi connectivity index (χ1n) is 7.94. The number of carbonyl (C=O) groups is 1. The van der Waals surface area contributed by atoms with E-state index in [2.05, 4.69) is 19.1 Å². The lowest BCUT2D eigenvalue weighted by molar-refractivity contribution is -0.129. The van der Waals surface area contributed by atoms with Crippen LogP contribution in [-0.2, 0) is 11.2 Å². The van der Waals surface area contributed by atoms with E-state index in [0.717, 1.165) is 44.4 Å². The summed E-state index contributed by atoms with van der Waals surface area (Å²) in [5.74, 6) is 1.22. The fraction of sp³-hybridized carbons (Fsp3) is 0.500. The second kappa shape index (κ2) is 5.92. The van der Waals surface area contributed by atoms with Crippen molar-refractivity contribution < 1.29 is 9.53 Å². The third-order valence-corrected chi connectivity index (χ3v) is 4.51. The highest BCUT2D eigenvalue weighted by Crippen LogP contribution is 2.39. The number of ether oxygens (including phenoxy) is 1. The Labute approximate surface area is 126 Å². The second-order valence-corrected chi connectivity index (χ2v) is 5.85. The van der Waals surface area contributed by atoms with E-state index in [1.165, 1.54) is 22.4 Å². The van der Waals surface area contributed by atoms with E-state index in [4.69, 9.17) is 4.74 Å². The quantitative estimate of drug-likeness (QED) is 0.846. The van der Waals surface area contributed by atoms with Crippen molar-refractivity contribution in [1.82, 2.24) is 4.90 Å². The van der Waals surface area contributed by atoms with Crippen LogP contribution in [0.1, 0.15) is 50.2 Å². The number of nitrogens with zero attached hydrogens (tertiary/aromatic N) is 1. The van der Waals surface area contributed by atoms with Crippen molar-refractivity contribution in [3.8, 4) is 5.75 Å². The average molecular weight is 285 g/mol. The van der Waals surface area contributed by atoms with Crippen molar-refractivity contribution in [2.45, 2.75) is 45.4 Å². The van der Waals surface area contributed by atoms with Crippen LogP contribution in [0.3, 0.4) is 0 Å². The molecule has 3 heteroatoms. The summed E-state index contributed by atoms with van der Waals surface area (Å²) in [4.78, 5) is 14.3. The van der Waals surface area contributed by atoms with Gasteiger partial charge in [-0.25, -0.2) is 0 Å². The molecule has 0 N–H and O–H groups in total. The van der Waals surface area contributed by atoms with Crippen molar-refractivity contribution in [2.75, 3.05) is 13.7 Å². The number of fused-ring (bicyclic) bond motifs is 2. The molecule has 1 aliphatic carbocycles. The molecular weight excluding hydrogens is 262 g/mol. The first-order chi connectivity index (χ1) is 10.2. The van der Waals surface area contributed by atoms with Gasteiger partial charge in [-0.2, -0.15) is 0 Å². The van der Waals surface area contributed by atoms with E-state index >= 15 is 0 Å². The summed E-state index contributed by atoms with van der Waals surface area (Å²) in [7, 11) is 1.71. The summed E-state index contributed by atoms with van der Waals surface area (Å²) in [6, 6.07) is 6.37. The Morgan fingerprint density at radius 2 is 2.05 bits per heavy atom. The third kappa shape index (κ3) is 2.57. The third-order valence-electron chi connectivity index (χ3n) is 4.51. The number of hydrogen-bond acceptors (Lipinski definition) is 2. The average Bonchev–Trinajstić information content (AvgIpc) is 2.68. The van der Waals surface area contributed by atoms with Crippen LogP contribution < -0.4 is 4.74 Å². The van der Waals surface area contributed by atoms with E-state index in [-0.39, 0.29) is 0 Å². The molecule has 0 saturated heterocycles. The molecule has 0 unspecified atom stereocenters. The minimum absolute atomic E-state index is 0.299. The monoisotopic (exact) mass is 285 g/mol. The fourth-order valence-electron chi connectivity index (χ4n) is 3.53. The lowest BCUT2D eigenvalue weighted by Gasteiger charge is -2.32. The van der Waals surface area contributed by atoms with Gasteiger partial charge in [-0.3, -0.25) is 4.79 Å². The number of allylic oxidation sites excluding steroid dienone is 2. The zero-order valence-corrected chi connectivity index (χ0v) is 12.9. The van der Waals surface area contributed by atoms with Gasteiger partial charge in [0.05, 0.1) is 7.11 Å². The number of methoxy groups -OCH3 is 1. The molecule has 0 spiro atoms. The Bertz CT molecular complexity index is 589. The number of benzene rings is 1. The Hall–Kier alpha value is -1.77. The predicted molar refractivity (Wildman–Crippen MR) is 84.1 cm³/mol. The van der Waals surface area contributed by atoms with Gasteiger partial charge in [0.2, 0.25) is 5.91 Å². The maximum Gasteiger partial charge on any atom is 0.227 e. The molecule has 3 rings (SSSR count). The summed E-state index contributed by atoms with van der Waals surface area (Å²) >= 11 is 0. The van der Waals surface area contributed by atoms with E-state index in [9.17, 15) is 4.79 Å². The topological polar surface area (TPSA) is 29.5 Å². The smallest absolute Gasteiger partial charge is 0.227 e. The van der Waals surface area contributed by atoms with Gasteiger partial charge in [-0.15, -0.1) is 0 Å². The molecule has 0 aromatic heterocycles. The normalized spacial score (nSPS) is 18.2. The minimum Gasteiger partial charge on any atom is -0.497 e. The fourth-order valence-corrected chi connectivity index (χ4v) is 3.53. The van der Waals surface area contributed by atoms with Crippen LogP contribution in [0.15, 0.2) is 23.9 Å².